The number of hydrogen-bond donors (Lipinski definition) is 3. The lowest BCUT2D eigenvalue weighted by Crippen LogP contribution is -2.23. The Balaban J connectivity index is 1.48. The molecule has 1 aromatic heterocycles. The lowest BCUT2D eigenvalue weighted by molar-refractivity contribution is 0.0317. The van der Waals surface area contributed by atoms with Crippen molar-refractivity contribution in [1.82, 2.24) is 9.97 Å². The Hall–Kier alpha value is -3.14. The Kier molecular flexibility index (Phi) is 6.66. The highest BCUT2D eigenvalue weighted by Gasteiger charge is 2.18. The zero-order chi connectivity index (χ0) is 21.6. The number of hydrogen-bond acceptors (Lipinski definition) is 9. The number of anilines is 2. The number of ether oxygens (including phenoxy) is 2. The second-order valence-corrected chi connectivity index (χ2v) is 7.41. The molecule has 1 atom stereocenters. The molecular weight excluding hydrogens is 396 g/mol. The SMILES string of the molecule is N=C(c1nccc(N2CC=C(CCO)C=N2)n1)c1cc(CO[C@@H]2CCOC2)ccc1N. The molecular formula is C22H26N6O3. The molecule has 162 valence electrons. The van der Waals surface area contributed by atoms with Crippen LogP contribution in [0.4, 0.5) is 11.5 Å². The Morgan fingerprint density at radius 1 is 1.35 bits per heavy atom. The van der Waals surface area contributed by atoms with Crippen LogP contribution in [0.1, 0.15) is 29.8 Å². The van der Waals surface area contributed by atoms with Crippen molar-refractivity contribution in [3.05, 3.63) is 59.1 Å². The first-order valence-electron chi connectivity index (χ1n) is 10.3. The lowest BCUT2D eigenvalue weighted by atomic mass is 10.0. The number of benzene rings is 1. The predicted molar refractivity (Wildman–Crippen MR) is 118 cm³/mol. The van der Waals surface area contributed by atoms with Crippen LogP contribution in [0, 0.1) is 5.41 Å². The Labute approximate surface area is 180 Å². The van der Waals surface area contributed by atoms with E-state index < -0.39 is 0 Å². The van der Waals surface area contributed by atoms with Crippen LogP contribution in [0.5, 0.6) is 0 Å². The van der Waals surface area contributed by atoms with Crippen molar-refractivity contribution in [2.24, 2.45) is 5.10 Å². The number of aromatic nitrogens is 2. The van der Waals surface area contributed by atoms with Gasteiger partial charge in [0.2, 0.25) is 0 Å². The predicted octanol–water partition coefficient (Wildman–Crippen LogP) is 1.90. The van der Waals surface area contributed by atoms with Gasteiger partial charge in [0.1, 0.15) is 5.71 Å². The third-order valence-corrected chi connectivity index (χ3v) is 5.18. The number of nitrogens with one attached hydrogen (secondary N) is 1. The van der Waals surface area contributed by atoms with E-state index in [9.17, 15) is 0 Å². The van der Waals surface area contributed by atoms with E-state index in [0.717, 1.165) is 24.2 Å². The maximum absolute atomic E-state index is 9.05. The summed E-state index contributed by atoms with van der Waals surface area (Å²) in [5, 5.41) is 23.8. The molecule has 9 heteroatoms. The Morgan fingerprint density at radius 2 is 2.26 bits per heavy atom. The van der Waals surface area contributed by atoms with Crippen molar-refractivity contribution in [1.29, 1.82) is 5.41 Å². The van der Waals surface area contributed by atoms with Gasteiger partial charge in [-0.25, -0.2) is 15.0 Å². The first-order valence-corrected chi connectivity index (χ1v) is 10.3. The quantitative estimate of drug-likeness (QED) is 0.437. The summed E-state index contributed by atoms with van der Waals surface area (Å²) in [5.74, 6) is 0.858. The molecule has 1 fully saturated rings. The summed E-state index contributed by atoms with van der Waals surface area (Å²) in [6.45, 7) is 2.41. The second kappa shape index (κ2) is 9.78. The molecule has 1 aromatic carbocycles. The van der Waals surface area contributed by atoms with E-state index in [4.69, 9.17) is 25.7 Å². The van der Waals surface area contributed by atoms with Crippen LogP contribution in [0.3, 0.4) is 0 Å². The largest absolute Gasteiger partial charge is 0.398 e. The maximum atomic E-state index is 9.05. The molecule has 3 heterocycles. The van der Waals surface area contributed by atoms with Gasteiger partial charge in [-0.05, 0) is 36.1 Å². The standard InChI is InChI=1S/C22H26N6O3/c23-19-2-1-16(13-31-17-6-10-30-14-17)11-18(19)21(24)22-25-7-3-20(27-22)28-8-4-15(5-9-29)12-26-28/h1-4,7,11-12,17,24,29H,5-6,8-10,13-14,23H2/t17-/m1/s1. The number of aliphatic hydroxyl groups excluding tert-OH is 1. The molecule has 4 N–H and O–H groups in total. The van der Waals surface area contributed by atoms with Crippen molar-refractivity contribution in [2.45, 2.75) is 25.6 Å². The topological polar surface area (TPSA) is 130 Å². The number of hydrazone groups is 1. The van der Waals surface area contributed by atoms with Crippen LogP contribution in [0.15, 0.2) is 47.2 Å². The molecule has 0 spiro atoms. The van der Waals surface area contributed by atoms with Crippen molar-refractivity contribution in [2.75, 3.05) is 37.1 Å². The number of nitrogens with two attached hydrogens (primary N) is 1. The van der Waals surface area contributed by atoms with Gasteiger partial charge in [-0.15, -0.1) is 0 Å². The summed E-state index contributed by atoms with van der Waals surface area (Å²) in [5.41, 5.74) is 9.25. The van der Waals surface area contributed by atoms with Gasteiger partial charge in [0.05, 0.1) is 32.1 Å². The van der Waals surface area contributed by atoms with E-state index in [1.54, 1.807) is 29.6 Å². The highest BCUT2D eigenvalue weighted by Crippen LogP contribution is 2.21. The van der Waals surface area contributed by atoms with Gasteiger partial charge in [0.25, 0.3) is 0 Å². The normalized spacial score (nSPS) is 18.3. The summed E-state index contributed by atoms with van der Waals surface area (Å²) >= 11 is 0. The van der Waals surface area contributed by atoms with E-state index in [-0.39, 0.29) is 24.2 Å². The number of aliphatic hydroxyl groups is 1. The Morgan fingerprint density at radius 3 is 3.00 bits per heavy atom. The molecule has 0 saturated carbocycles. The van der Waals surface area contributed by atoms with Crippen LogP contribution in [0.2, 0.25) is 0 Å². The van der Waals surface area contributed by atoms with Crippen LogP contribution < -0.4 is 10.7 Å². The minimum Gasteiger partial charge on any atom is -0.398 e. The van der Waals surface area contributed by atoms with Gasteiger partial charge >= 0.3 is 0 Å². The molecule has 0 radical (unpaired) electrons. The molecule has 0 amide bonds. The third-order valence-electron chi connectivity index (χ3n) is 5.18. The summed E-state index contributed by atoms with van der Waals surface area (Å²) in [6.07, 6.45) is 6.89. The van der Waals surface area contributed by atoms with E-state index >= 15 is 0 Å². The fraction of sp³-hybridized carbons (Fsp3) is 0.364. The molecule has 2 aliphatic heterocycles. The molecule has 0 unspecified atom stereocenters. The molecule has 4 rings (SSSR count). The summed E-state index contributed by atoms with van der Waals surface area (Å²) < 4.78 is 11.2. The van der Waals surface area contributed by atoms with Gasteiger partial charge in [-0.3, -0.25) is 5.41 Å². The average molecular weight is 422 g/mol. The molecule has 1 saturated heterocycles. The first-order chi connectivity index (χ1) is 15.1. The molecule has 2 aromatic rings. The summed E-state index contributed by atoms with van der Waals surface area (Å²) in [4.78, 5) is 8.79. The minimum atomic E-state index is 0.0899. The van der Waals surface area contributed by atoms with E-state index in [1.807, 2.05) is 18.2 Å². The highest BCUT2D eigenvalue weighted by atomic mass is 16.5. The fourth-order valence-corrected chi connectivity index (χ4v) is 3.40. The number of rotatable bonds is 8. The molecule has 0 bridgehead atoms. The molecule has 9 nitrogen and oxygen atoms in total. The Bertz CT molecular complexity index is 1000. The minimum absolute atomic E-state index is 0.0899. The zero-order valence-corrected chi connectivity index (χ0v) is 17.2. The lowest BCUT2D eigenvalue weighted by Gasteiger charge is -2.20. The summed E-state index contributed by atoms with van der Waals surface area (Å²) in [6, 6.07) is 7.28. The van der Waals surface area contributed by atoms with Gasteiger partial charge in [0, 0.05) is 36.7 Å². The van der Waals surface area contributed by atoms with Crippen molar-refractivity contribution < 1.29 is 14.6 Å². The van der Waals surface area contributed by atoms with Gasteiger partial charge in [-0.2, -0.15) is 5.10 Å². The first kappa shape index (κ1) is 21.1. The van der Waals surface area contributed by atoms with Gasteiger partial charge in [-0.1, -0.05) is 12.1 Å². The van der Waals surface area contributed by atoms with Crippen LogP contribution >= 0.6 is 0 Å². The number of nitrogens with zero attached hydrogens (tertiary/aromatic N) is 4. The fourth-order valence-electron chi connectivity index (χ4n) is 3.40. The maximum Gasteiger partial charge on any atom is 0.180 e. The van der Waals surface area contributed by atoms with Gasteiger partial charge < -0.3 is 20.3 Å². The monoisotopic (exact) mass is 422 g/mol. The van der Waals surface area contributed by atoms with Gasteiger partial charge in [0.15, 0.2) is 11.6 Å². The second-order valence-electron chi connectivity index (χ2n) is 7.41. The third kappa shape index (κ3) is 5.13. The van der Waals surface area contributed by atoms with Crippen LogP contribution in [-0.2, 0) is 16.1 Å². The van der Waals surface area contributed by atoms with Crippen LogP contribution in [-0.4, -0.2) is 59.5 Å². The smallest absolute Gasteiger partial charge is 0.180 e. The van der Waals surface area contributed by atoms with Crippen molar-refractivity contribution in [3.8, 4) is 0 Å². The highest BCUT2D eigenvalue weighted by molar-refractivity contribution is 6.11. The van der Waals surface area contributed by atoms with Crippen molar-refractivity contribution >= 4 is 23.4 Å². The van der Waals surface area contributed by atoms with E-state index in [1.165, 1.54) is 0 Å². The average Bonchev–Trinajstić information content (AvgIpc) is 3.33. The van der Waals surface area contributed by atoms with Crippen molar-refractivity contribution in [3.63, 3.8) is 0 Å². The zero-order valence-electron chi connectivity index (χ0n) is 17.2. The van der Waals surface area contributed by atoms with E-state index in [0.29, 0.717) is 43.2 Å². The number of nitrogen functional groups attached to an aromatic ring is 1. The molecule has 31 heavy (non-hydrogen) atoms. The molecule has 2 aliphatic rings. The van der Waals surface area contributed by atoms with E-state index in [2.05, 4.69) is 15.1 Å². The van der Waals surface area contributed by atoms with Crippen LogP contribution in [0.25, 0.3) is 0 Å². The molecule has 0 aliphatic carbocycles. The summed E-state index contributed by atoms with van der Waals surface area (Å²) in [7, 11) is 0.